The molecule has 2 aromatic carbocycles. The topological polar surface area (TPSA) is 88.6 Å². The van der Waals surface area contributed by atoms with Gasteiger partial charge in [-0.15, -0.1) is 0 Å². The number of fused-ring (bicyclic) bond motifs is 3. The van der Waals surface area contributed by atoms with E-state index in [1.807, 2.05) is 18.3 Å². The Kier molecular flexibility index (Phi) is 6.20. The molecule has 2 N–H and O–H groups in total. The van der Waals surface area contributed by atoms with Crippen LogP contribution in [0.1, 0.15) is 29.8 Å². The molecule has 1 fully saturated rings. The number of nitrogens with zero attached hydrogens (tertiary/aromatic N) is 7. The van der Waals surface area contributed by atoms with E-state index >= 15 is 0 Å². The minimum atomic E-state index is 0.398. The van der Waals surface area contributed by atoms with Crippen LogP contribution in [0.3, 0.4) is 0 Å². The normalized spacial score (nSPS) is 19.4. The minimum Gasteiger partial charge on any atom is -0.462 e. The first-order valence-electron chi connectivity index (χ1n) is 13.7. The summed E-state index contributed by atoms with van der Waals surface area (Å²) in [6.07, 6.45) is 5.05. The largest absolute Gasteiger partial charge is 0.462 e. The van der Waals surface area contributed by atoms with Crippen LogP contribution in [0.4, 0.5) is 17.5 Å². The second-order valence-corrected chi connectivity index (χ2v) is 11.2. The summed E-state index contributed by atoms with van der Waals surface area (Å²) in [5, 5.41) is 3.00. The fourth-order valence-corrected chi connectivity index (χ4v) is 6.59. The molecule has 0 radical (unpaired) electrons. The van der Waals surface area contributed by atoms with Crippen LogP contribution in [0.15, 0.2) is 42.6 Å². The van der Waals surface area contributed by atoms with Crippen molar-refractivity contribution in [3.63, 3.8) is 0 Å². The molecule has 7 rings (SSSR count). The lowest BCUT2D eigenvalue weighted by molar-refractivity contribution is 0.187. The molecule has 10 heteroatoms. The van der Waals surface area contributed by atoms with Crippen molar-refractivity contribution >= 4 is 39.8 Å². The molecule has 0 aliphatic carbocycles. The first-order valence-corrected chi connectivity index (χ1v) is 14.1. The zero-order chi connectivity index (χ0) is 26.5. The Balaban J connectivity index is 1.24. The maximum absolute atomic E-state index is 6.69. The van der Waals surface area contributed by atoms with E-state index in [1.165, 1.54) is 12.0 Å². The molecule has 0 spiro atoms. The van der Waals surface area contributed by atoms with Gasteiger partial charge in [-0.2, -0.15) is 9.97 Å². The molecule has 5 heterocycles. The summed E-state index contributed by atoms with van der Waals surface area (Å²) in [7, 11) is 2.16. The summed E-state index contributed by atoms with van der Waals surface area (Å²) in [5.74, 6) is 1.54. The van der Waals surface area contributed by atoms with Crippen molar-refractivity contribution in [3.05, 3.63) is 64.6 Å². The third-order valence-electron chi connectivity index (χ3n) is 8.49. The number of imidazole rings is 1. The quantitative estimate of drug-likeness (QED) is 0.401. The Morgan fingerprint density at radius 1 is 1.03 bits per heavy atom. The second-order valence-electron chi connectivity index (χ2n) is 10.8. The van der Waals surface area contributed by atoms with Gasteiger partial charge in [0.05, 0.1) is 35.7 Å². The van der Waals surface area contributed by atoms with Gasteiger partial charge in [0.15, 0.2) is 5.95 Å². The van der Waals surface area contributed by atoms with Crippen molar-refractivity contribution in [2.24, 2.45) is 0 Å². The number of ether oxygens (including phenoxy) is 1. The molecule has 4 aromatic rings. The van der Waals surface area contributed by atoms with Gasteiger partial charge in [-0.05, 0) is 50.4 Å². The average molecular weight is 545 g/mol. The highest BCUT2D eigenvalue weighted by Crippen LogP contribution is 2.37. The molecule has 0 amide bonds. The molecular formula is C29H33ClN8O. The highest BCUT2D eigenvalue weighted by Gasteiger charge is 2.30. The van der Waals surface area contributed by atoms with Gasteiger partial charge in [0.25, 0.3) is 0 Å². The summed E-state index contributed by atoms with van der Waals surface area (Å²) in [5.41, 5.74) is 10.5. The Morgan fingerprint density at radius 3 is 2.74 bits per heavy atom. The predicted octanol–water partition coefficient (Wildman–Crippen LogP) is 4.12. The first kappa shape index (κ1) is 24.5. The molecule has 0 saturated carbocycles. The summed E-state index contributed by atoms with van der Waals surface area (Å²) < 4.78 is 8.38. The number of hydrogen-bond acceptors (Lipinski definition) is 8. The lowest BCUT2D eigenvalue weighted by Crippen LogP contribution is -2.38. The molecular weight excluding hydrogens is 512 g/mol. The van der Waals surface area contributed by atoms with E-state index in [2.05, 4.69) is 55.6 Å². The number of benzene rings is 2. The van der Waals surface area contributed by atoms with Crippen molar-refractivity contribution < 1.29 is 4.74 Å². The van der Waals surface area contributed by atoms with Crippen LogP contribution < -0.4 is 20.3 Å². The number of rotatable bonds is 5. The van der Waals surface area contributed by atoms with E-state index in [4.69, 9.17) is 32.0 Å². The SMILES string of the molecule is CN1CCCC1COc1nc2c(c(N3CCn4c(cnc4N)C3)n1)CCN(c1cccc3cccc(Cl)c13)C2. The Hall–Kier alpha value is -3.56. The smallest absolute Gasteiger partial charge is 0.318 e. The van der Waals surface area contributed by atoms with Crippen molar-refractivity contribution in [1.29, 1.82) is 0 Å². The third kappa shape index (κ3) is 4.43. The number of nitrogens with two attached hydrogens (primary N) is 1. The van der Waals surface area contributed by atoms with Crippen LogP contribution in [-0.4, -0.2) is 63.7 Å². The Labute approximate surface area is 233 Å². The molecule has 1 saturated heterocycles. The van der Waals surface area contributed by atoms with Gasteiger partial charge < -0.3 is 29.7 Å². The number of hydrogen-bond donors (Lipinski definition) is 1. The van der Waals surface area contributed by atoms with Crippen LogP contribution in [-0.2, 0) is 26.1 Å². The van der Waals surface area contributed by atoms with Gasteiger partial charge in [-0.25, -0.2) is 4.98 Å². The number of nitrogen functional groups attached to an aromatic ring is 1. The minimum absolute atomic E-state index is 0.398. The van der Waals surface area contributed by atoms with E-state index in [9.17, 15) is 0 Å². The van der Waals surface area contributed by atoms with Gasteiger partial charge in [0, 0.05) is 42.3 Å². The lowest BCUT2D eigenvalue weighted by Gasteiger charge is -2.35. The van der Waals surface area contributed by atoms with E-state index in [0.29, 0.717) is 37.7 Å². The predicted molar refractivity (Wildman–Crippen MR) is 155 cm³/mol. The van der Waals surface area contributed by atoms with Crippen molar-refractivity contribution in [2.45, 2.75) is 44.9 Å². The van der Waals surface area contributed by atoms with E-state index in [0.717, 1.165) is 77.7 Å². The highest BCUT2D eigenvalue weighted by atomic mass is 35.5. The summed E-state index contributed by atoms with van der Waals surface area (Å²) in [4.78, 5) is 21.4. The maximum Gasteiger partial charge on any atom is 0.318 e. The second kappa shape index (κ2) is 9.88. The number of halogens is 1. The van der Waals surface area contributed by atoms with E-state index in [-0.39, 0.29) is 0 Å². The van der Waals surface area contributed by atoms with E-state index < -0.39 is 0 Å². The average Bonchev–Trinajstić information content (AvgIpc) is 3.55. The van der Waals surface area contributed by atoms with Crippen LogP contribution in [0.5, 0.6) is 6.01 Å². The van der Waals surface area contributed by atoms with Crippen molar-refractivity contribution in [1.82, 2.24) is 24.4 Å². The van der Waals surface area contributed by atoms with Gasteiger partial charge >= 0.3 is 6.01 Å². The van der Waals surface area contributed by atoms with Gasteiger partial charge in [-0.1, -0.05) is 35.9 Å². The summed E-state index contributed by atoms with van der Waals surface area (Å²) >= 11 is 6.69. The fourth-order valence-electron chi connectivity index (χ4n) is 6.31. The third-order valence-corrected chi connectivity index (χ3v) is 8.80. The summed E-state index contributed by atoms with van der Waals surface area (Å²) in [6.45, 7) is 5.54. The number of aromatic nitrogens is 4. The van der Waals surface area contributed by atoms with Crippen molar-refractivity contribution in [2.75, 3.05) is 48.8 Å². The first-order chi connectivity index (χ1) is 19.0. The van der Waals surface area contributed by atoms with Gasteiger partial charge in [0.1, 0.15) is 12.4 Å². The molecule has 1 unspecified atom stereocenters. The standard InChI is InChI=1S/C29H33ClN8O/c1-35-11-4-7-20(35)18-39-29-33-24-17-36(25-9-3-6-19-5-2-8-23(30)26(19)25)12-10-22(24)27(34-29)37-13-14-38-21(16-37)15-32-28(38)31/h2-3,5-6,8-9,15,20H,4,7,10-14,16-18H2,1H3,(H2,31,32). The monoisotopic (exact) mass is 544 g/mol. The number of likely N-dealkylation sites (tertiary alicyclic amines) is 1. The summed E-state index contributed by atoms with van der Waals surface area (Å²) in [6, 6.07) is 13.3. The van der Waals surface area contributed by atoms with Crippen LogP contribution in [0.2, 0.25) is 5.02 Å². The number of anilines is 3. The fraction of sp³-hybridized carbons (Fsp3) is 0.414. The molecule has 0 bridgehead atoms. The van der Waals surface area contributed by atoms with Crippen LogP contribution in [0, 0.1) is 0 Å². The lowest BCUT2D eigenvalue weighted by atomic mass is 10.0. The molecule has 39 heavy (non-hydrogen) atoms. The molecule has 1 atom stereocenters. The van der Waals surface area contributed by atoms with E-state index in [1.54, 1.807) is 0 Å². The van der Waals surface area contributed by atoms with Crippen molar-refractivity contribution in [3.8, 4) is 6.01 Å². The maximum atomic E-state index is 6.69. The molecule has 2 aromatic heterocycles. The Morgan fingerprint density at radius 2 is 1.90 bits per heavy atom. The zero-order valence-electron chi connectivity index (χ0n) is 22.2. The molecule has 9 nitrogen and oxygen atoms in total. The zero-order valence-corrected chi connectivity index (χ0v) is 22.9. The number of likely N-dealkylation sites (N-methyl/N-ethyl adjacent to an activating group) is 1. The van der Waals surface area contributed by atoms with Gasteiger partial charge in [0.2, 0.25) is 0 Å². The molecule has 3 aliphatic rings. The van der Waals surface area contributed by atoms with Gasteiger partial charge in [-0.3, -0.25) is 0 Å². The molecule has 202 valence electrons. The van der Waals surface area contributed by atoms with Crippen LogP contribution >= 0.6 is 11.6 Å². The molecule has 3 aliphatic heterocycles. The van der Waals surface area contributed by atoms with Crippen LogP contribution in [0.25, 0.3) is 10.8 Å². The Bertz CT molecular complexity index is 1530. The highest BCUT2D eigenvalue weighted by molar-refractivity contribution is 6.36.